The third-order valence-corrected chi connectivity index (χ3v) is 2.56. The van der Waals surface area contributed by atoms with Gasteiger partial charge in [0.25, 0.3) is 0 Å². The van der Waals surface area contributed by atoms with E-state index in [4.69, 9.17) is 11.6 Å². The SMILES string of the molecule is C=C(Cl)CNC(=O)CC1CCCC1. The highest BCUT2D eigenvalue weighted by Crippen LogP contribution is 2.27. The van der Waals surface area contributed by atoms with Crippen LogP contribution >= 0.6 is 11.6 Å². The Balaban J connectivity index is 2.13. The van der Waals surface area contributed by atoms with Crippen molar-refractivity contribution < 1.29 is 4.79 Å². The van der Waals surface area contributed by atoms with Gasteiger partial charge in [-0.05, 0) is 18.8 Å². The van der Waals surface area contributed by atoms with Crippen molar-refractivity contribution in [2.45, 2.75) is 32.1 Å². The lowest BCUT2D eigenvalue weighted by Gasteiger charge is -2.08. The molecule has 1 aliphatic carbocycles. The lowest BCUT2D eigenvalue weighted by Crippen LogP contribution is -2.25. The highest BCUT2D eigenvalue weighted by molar-refractivity contribution is 6.29. The normalized spacial score (nSPS) is 17.3. The molecule has 1 fully saturated rings. The van der Waals surface area contributed by atoms with Crippen LogP contribution in [0.1, 0.15) is 32.1 Å². The molecule has 0 unspecified atom stereocenters. The fraction of sp³-hybridized carbons (Fsp3) is 0.700. The van der Waals surface area contributed by atoms with Crippen LogP contribution in [0.25, 0.3) is 0 Å². The Bertz CT molecular complexity index is 197. The zero-order chi connectivity index (χ0) is 9.68. The van der Waals surface area contributed by atoms with Crippen LogP contribution in [0.15, 0.2) is 11.6 Å². The maximum absolute atomic E-state index is 11.3. The summed E-state index contributed by atoms with van der Waals surface area (Å²) in [6.45, 7) is 3.91. The molecule has 1 amide bonds. The fourth-order valence-corrected chi connectivity index (χ4v) is 1.81. The number of amides is 1. The number of halogens is 1. The molecule has 0 aromatic carbocycles. The van der Waals surface area contributed by atoms with Crippen LogP contribution in [-0.2, 0) is 4.79 Å². The number of nitrogens with one attached hydrogen (secondary N) is 1. The molecule has 0 aromatic rings. The molecule has 0 saturated heterocycles. The van der Waals surface area contributed by atoms with Gasteiger partial charge in [0.1, 0.15) is 0 Å². The fourth-order valence-electron chi connectivity index (χ4n) is 1.74. The Kier molecular flexibility index (Phi) is 4.29. The number of carbonyl (C=O) groups is 1. The maximum atomic E-state index is 11.3. The van der Waals surface area contributed by atoms with Crippen molar-refractivity contribution in [3.05, 3.63) is 11.6 Å². The molecule has 0 atom stereocenters. The Morgan fingerprint density at radius 3 is 2.62 bits per heavy atom. The molecule has 74 valence electrons. The summed E-state index contributed by atoms with van der Waals surface area (Å²) in [6, 6.07) is 0. The average molecular weight is 202 g/mol. The van der Waals surface area contributed by atoms with Crippen molar-refractivity contribution in [2.75, 3.05) is 6.54 Å². The molecule has 1 aliphatic rings. The van der Waals surface area contributed by atoms with Crippen LogP contribution in [-0.4, -0.2) is 12.5 Å². The van der Waals surface area contributed by atoms with E-state index in [1.165, 1.54) is 25.7 Å². The summed E-state index contributed by atoms with van der Waals surface area (Å²) in [7, 11) is 0. The van der Waals surface area contributed by atoms with Crippen molar-refractivity contribution in [1.29, 1.82) is 0 Å². The first-order chi connectivity index (χ1) is 6.18. The monoisotopic (exact) mass is 201 g/mol. The van der Waals surface area contributed by atoms with Crippen molar-refractivity contribution in [3.63, 3.8) is 0 Å². The van der Waals surface area contributed by atoms with Gasteiger partial charge in [-0.3, -0.25) is 4.79 Å². The summed E-state index contributed by atoms with van der Waals surface area (Å²) in [5.41, 5.74) is 0. The first-order valence-electron chi connectivity index (χ1n) is 4.78. The van der Waals surface area contributed by atoms with Crippen molar-refractivity contribution >= 4 is 17.5 Å². The van der Waals surface area contributed by atoms with E-state index in [-0.39, 0.29) is 5.91 Å². The van der Waals surface area contributed by atoms with Gasteiger partial charge in [-0.1, -0.05) is 31.0 Å². The van der Waals surface area contributed by atoms with Gasteiger partial charge in [-0.2, -0.15) is 0 Å². The summed E-state index contributed by atoms with van der Waals surface area (Å²) in [4.78, 5) is 11.3. The zero-order valence-electron chi connectivity index (χ0n) is 7.81. The molecule has 0 heterocycles. The van der Waals surface area contributed by atoms with Crippen LogP contribution in [0.5, 0.6) is 0 Å². The summed E-state index contributed by atoms with van der Waals surface area (Å²) < 4.78 is 0. The molecule has 0 aromatic heterocycles. The molecule has 0 bridgehead atoms. The molecule has 3 heteroatoms. The highest BCUT2D eigenvalue weighted by atomic mass is 35.5. The molecular weight excluding hydrogens is 186 g/mol. The first kappa shape index (κ1) is 10.6. The summed E-state index contributed by atoms with van der Waals surface area (Å²) in [6.07, 6.45) is 5.62. The van der Waals surface area contributed by atoms with Gasteiger partial charge < -0.3 is 5.32 Å². The average Bonchev–Trinajstić information content (AvgIpc) is 2.53. The minimum Gasteiger partial charge on any atom is -0.351 e. The Hall–Kier alpha value is -0.500. The number of carbonyl (C=O) groups excluding carboxylic acids is 1. The van der Waals surface area contributed by atoms with Gasteiger partial charge >= 0.3 is 0 Å². The standard InChI is InChI=1S/C10H16ClNO/c1-8(11)7-12-10(13)6-9-4-2-3-5-9/h9H,1-7H2,(H,12,13). The summed E-state index contributed by atoms with van der Waals surface area (Å²) in [5, 5.41) is 3.22. The molecule has 2 nitrogen and oxygen atoms in total. The van der Waals surface area contributed by atoms with E-state index in [1.54, 1.807) is 0 Å². The van der Waals surface area contributed by atoms with E-state index in [2.05, 4.69) is 11.9 Å². The highest BCUT2D eigenvalue weighted by Gasteiger charge is 2.17. The van der Waals surface area contributed by atoms with Crippen molar-refractivity contribution in [3.8, 4) is 0 Å². The minimum absolute atomic E-state index is 0.105. The molecule has 1 saturated carbocycles. The van der Waals surface area contributed by atoms with Gasteiger partial charge in [-0.15, -0.1) is 0 Å². The Morgan fingerprint density at radius 1 is 1.46 bits per heavy atom. The lowest BCUT2D eigenvalue weighted by molar-refractivity contribution is -0.121. The molecule has 13 heavy (non-hydrogen) atoms. The predicted octanol–water partition coefficient (Wildman–Crippen LogP) is 2.44. The second kappa shape index (κ2) is 5.28. The quantitative estimate of drug-likeness (QED) is 0.744. The summed E-state index contributed by atoms with van der Waals surface area (Å²) in [5.74, 6) is 0.706. The van der Waals surface area contributed by atoms with Crippen molar-refractivity contribution in [1.82, 2.24) is 5.32 Å². The predicted molar refractivity (Wildman–Crippen MR) is 54.6 cm³/mol. The van der Waals surface area contributed by atoms with Crippen LogP contribution in [0.4, 0.5) is 0 Å². The molecule has 1 rings (SSSR count). The Morgan fingerprint density at radius 2 is 2.08 bits per heavy atom. The van der Waals surface area contributed by atoms with E-state index in [0.29, 0.717) is 23.9 Å². The van der Waals surface area contributed by atoms with Gasteiger partial charge in [0.05, 0.1) is 6.54 Å². The van der Waals surface area contributed by atoms with Gasteiger partial charge in [-0.25, -0.2) is 0 Å². The van der Waals surface area contributed by atoms with Crippen molar-refractivity contribution in [2.24, 2.45) is 5.92 Å². The third kappa shape index (κ3) is 4.32. The van der Waals surface area contributed by atoms with E-state index < -0.39 is 0 Å². The number of hydrogen-bond acceptors (Lipinski definition) is 1. The van der Waals surface area contributed by atoms with E-state index >= 15 is 0 Å². The van der Waals surface area contributed by atoms with Gasteiger partial charge in [0.15, 0.2) is 0 Å². The van der Waals surface area contributed by atoms with E-state index in [0.717, 1.165) is 0 Å². The zero-order valence-corrected chi connectivity index (χ0v) is 8.57. The van der Waals surface area contributed by atoms with Crippen LogP contribution < -0.4 is 5.32 Å². The van der Waals surface area contributed by atoms with Crippen LogP contribution in [0, 0.1) is 5.92 Å². The first-order valence-corrected chi connectivity index (χ1v) is 5.16. The van der Waals surface area contributed by atoms with E-state index in [9.17, 15) is 4.79 Å². The molecule has 0 radical (unpaired) electrons. The second-order valence-electron chi connectivity index (χ2n) is 3.65. The lowest BCUT2D eigenvalue weighted by atomic mass is 10.0. The molecule has 0 aliphatic heterocycles. The minimum atomic E-state index is 0.105. The second-order valence-corrected chi connectivity index (χ2v) is 4.18. The molecular formula is C10H16ClNO. The summed E-state index contributed by atoms with van der Waals surface area (Å²) >= 11 is 5.53. The van der Waals surface area contributed by atoms with Gasteiger partial charge in [0.2, 0.25) is 5.91 Å². The molecule has 0 spiro atoms. The van der Waals surface area contributed by atoms with Crippen LogP contribution in [0.3, 0.4) is 0 Å². The largest absolute Gasteiger partial charge is 0.351 e. The Labute approximate surface area is 84.3 Å². The topological polar surface area (TPSA) is 29.1 Å². The smallest absolute Gasteiger partial charge is 0.220 e. The van der Waals surface area contributed by atoms with Gasteiger partial charge in [0, 0.05) is 11.5 Å². The van der Waals surface area contributed by atoms with E-state index in [1.807, 2.05) is 0 Å². The molecule has 1 N–H and O–H groups in total. The third-order valence-electron chi connectivity index (χ3n) is 2.43. The number of rotatable bonds is 4. The maximum Gasteiger partial charge on any atom is 0.220 e. The number of hydrogen-bond donors (Lipinski definition) is 1. The van der Waals surface area contributed by atoms with Crippen LogP contribution in [0.2, 0.25) is 0 Å².